The minimum Gasteiger partial charge on any atom is -0.233 e. The Morgan fingerprint density at radius 2 is 1.41 bits per heavy atom. The van der Waals surface area contributed by atoms with E-state index in [9.17, 15) is 39.5 Å². The van der Waals surface area contributed by atoms with Crippen molar-refractivity contribution < 1.29 is 39.5 Å². The average molecular weight is 274 g/mol. The van der Waals surface area contributed by atoms with E-state index < -0.39 is 30.2 Å². The lowest BCUT2D eigenvalue weighted by atomic mass is 10.3. The Balaban J connectivity index is 0. The van der Waals surface area contributed by atoms with Gasteiger partial charge in [0, 0.05) is 6.92 Å². The van der Waals surface area contributed by atoms with Crippen LogP contribution in [0.1, 0.15) is 6.92 Å². The van der Waals surface area contributed by atoms with Crippen LogP contribution in [-0.4, -0.2) is 18.3 Å². The summed E-state index contributed by atoms with van der Waals surface area (Å²) in [6.45, 7) is 2.69. The molecule has 0 spiro atoms. The van der Waals surface area contributed by atoms with E-state index in [2.05, 4.69) is 6.58 Å². The van der Waals surface area contributed by atoms with Gasteiger partial charge < -0.3 is 0 Å². The first kappa shape index (κ1) is 18.2. The topological polar surface area (TPSA) is 0 Å². The molecule has 17 heavy (non-hydrogen) atoms. The number of rotatable bonds is 2. The number of hydrogen-bond acceptors (Lipinski definition) is 0. The molecule has 1 atom stereocenters. The Bertz CT molecular complexity index is 266. The van der Waals surface area contributed by atoms with Crippen molar-refractivity contribution in [3.8, 4) is 0 Å². The van der Waals surface area contributed by atoms with Gasteiger partial charge in [0.2, 0.25) is 12.0 Å². The predicted octanol–water partition coefficient (Wildman–Crippen LogP) is 4.79. The van der Waals surface area contributed by atoms with E-state index in [1.807, 2.05) is 0 Å². The van der Waals surface area contributed by atoms with Gasteiger partial charge in [-0.05, 0) is 6.08 Å². The third-order valence-electron chi connectivity index (χ3n) is 1.07. The van der Waals surface area contributed by atoms with Crippen LogP contribution in [0.2, 0.25) is 0 Å². The maximum Gasteiger partial charge on any atom is 0.423 e. The second-order valence-corrected chi connectivity index (χ2v) is 2.64. The van der Waals surface area contributed by atoms with Gasteiger partial charge in [-0.3, -0.25) is 0 Å². The molecule has 0 fully saturated rings. The molecule has 102 valence electrons. The molecule has 0 radical (unpaired) electrons. The molecule has 0 nitrogen and oxygen atoms in total. The van der Waals surface area contributed by atoms with Gasteiger partial charge >= 0.3 is 18.2 Å². The van der Waals surface area contributed by atoms with Gasteiger partial charge in [-0.15, -0.1) is 0 Å². The SMILES string of the molecule is C=CC(F)C(F)(F)F.CC(F)(F)C(F)=C(F)F. The molecule has 0 aromatic carbocycles. The van der Waals surface area contributed by atoms with Gasteiger partial charge in [0.15, 0.2) is 0 Å². The van der Waals surface area contributed by atoms with Crippen LogP contribution in [0, 0.1) is 0 Å². The van der Waals surface area contributed by atoms with Crippen molar-refractivity contribution in [1.82, 2.24) is 0 Å². The molecule has 0 amide bonds. The lowest BCUT2D eigenvalue weighted by molar-refractivity contribution is -0.166. The van der Waals surface area contributed by atoms with Crippen LogP contribution in [0.25, 0.3) is 0 Å². The van der Waals surface area contributed by atoms with Gasteiger partial charge in [-0.1, -0.05) is 6.58 Å². The highest BCUT2D eigenvalue weighted by molar-refractivity contribution is 5.01. The molecule has 0 rings (SSSR count). The molecule has 0 aliphatic rings. The minimum absolute atomic E-state index is 0.0570. The van der Waals surface area contributed by atoms with Crippen molar-refractivity contribution >= 4 is 0 Å². The zero-order chi connectivity index (χ0) is 14.4. The Morgan fingerprint density at radius 3 is 1.41 bits per heavy atom. The summed E-state index contributed by atoms with van der Waals surface area (Å²) in [7, 11) is 0. The second-order valence-electron chi connectivity index (χ2n) is 2.64. The standard InChI is InChI=1S/C4H3F5.C4H4F4/c1-4(8,9)2(5)3(6)7;1-2-3(5)4(6,7)8/h1H3;2-3H,1H2. The summed E-state index contributed by atoms with van der Waals surface area (Å²) in [5.74, 6) is -6.72. The van der Waals surface area contributed by atoms with Crippen LogP contribution < -0.4 is 0 Å². The van der Waals surface area contributed by atoms with Gasteiger partial charge in [0.1, 0.15) is 0 Å². The largest absolute Gasteiger partial charge is 0.423 e. The van der Waals surface area contributed by atoms with Crippen molar-refractivity contribution in [3.63, 3.8) is 0 Å². The predicted molar refractivity (Wildman–Crippen MR) is 42.1 cm³/mol. The quantitative estimate of drug-likeness (QED) is 0.501. The smallest absolute Gasteiger partial charge is 0.233 e. The Kier molecular flexibility index (Phi) is 7.02. The molecule has 0 saturated carbocycles. The maximum absolute atomic E-state index is 11.5. The molecule has 0 heterocycles. The van der Waals surface area contributed by atoms with Crippen molar-refractivity contribution in [1.29, 1.82) is 0 Å². The molecule has 0 aliphatic carbocycles. The summed E-state index contributed by atoms with van der Waals surface area (Å²) in [6, 6.07) is 0. The molecule has 0 N–H and O–H groups in total. The Hall–Kier alpha value is -1.15. The third-order valence-corrected chi connectivity index (χ3v) is 1.07. The second kappa shape index (κ2) is 6.55. The van der Waals surface area contributed by atoms with Gasteiger partial charge in [0.05, 0.1) is 0 Å². The fraction of sp³-hybridized carbons (Fsp3) is 0.500. The number of hydrogen-bond donors (Lipinski definition) is 0. The third kappa shape index (κ3) is 8.64. The molecule has 0 aromatic heterocycles. The average Bonchev–Trinajstić information content (AvgIpc) is 2.13. The molecular formula is C8H7F9. The van der Waals surface area contributed by atoms with E-state index in [0.717, 1.165) is 0 Å². The zero-order valence-corrected chi connectivity index (χ0v) is 8.26. The minimum atomic E-state index is -4.78. The van der Waals surface area contributed by atoms with E-state index in [0.29, 0.717) is 0 Å². The van der Waals surface area contributed by atoms with Crippen molar-refractivity contribution in [2.45, 2.75) is 25.2 Å². The van der Waals surface area contributed by atoms with E-state index in [1.165, 1.54) is 0 Å². The van der Waals surface area contributed by atoms with Gasteiger partial charge in [0.25, 0.3) is 0 Å². The summed E-state index contributed by atoms with van der Waals surface area (Å²) < 4.78 is 101. The summed E-state index contributed by atoms with van der Waals surface area (Å²) in [6.07, 6.45) is -10.4. The summed E-state index contributed by atoms with van der Waals surface area (Å²) in [5, 5.41) is 0. The number of alkyl halides is 6. The zero-order valence-electron chi connectivity index (χ0n) is 8.26. The first-order valence-electron chi connectivity index (χ1n) is 3.76. The van der Waals surface area contributed by atoms with Crippen LogP contribution in [0.5, 0.6) is 0 Å². The van der Waals surface area contributed by atoms with Crippen molar-refractivity contribution in [3.05, 3.63) is 24.6 Å². The Morgan fingerprint density at radius 1 is 1.06 bits per heavy atom. The number of allylic oxidation sites excluding steroid dienone is 2. The normalized spacial score (nSPS) is 13.3. The van der Waals surface area contributed by atoms with E-state index in [-0.39, 0.29) is 13.0 Å². The van der Waals surface area contributed by atoms with Gasteiger partial charge in [-0.2, -0.15) is 35.1 Å². The van der Waals surface area contributed by atoms with Crippen molar-refractivity contribution in [2.24, 2.45) is 0 Å². The first-order valence-corrected chi connectivity index (χ1v) is 3.76. The molecule has 0 bridgehead atoms. The Labute approximate surface area is 90.4 Å². The highest BCUT2D eigenvalue weighted by Gasteiger charge is 2.37. The van der Waals surface area contributed by atoms with E-state index in [1.54, 1.807) is 0 Å². The molecule has 0 aliphatic heterocycles. The highest BCUT2D eigenvalue weighted by Crippen LogP contribution is 2.27. The molecule has 0 aromatic rings. The summed E-state index contributed by atoms with van der Waals surface area (Å²) >= 11 is 0. The molecular weight excluding hydrogens is 267 g/mol. The van der Waals surface area contributed by atoms with Crippen LogP contribution in [0.15, 0.2) is 24.6 Å². The number of halogens is 9. The molecule has 0 saturated heterocycles. The van der Waals surface area contributed by atoms with E-state index in [4.69, 9.17) is 0 Å². The first-order chi connectivity index (χ1) is 7.34. The van der Waals surface area contributed by atoms with Gasteiger partial charge in [-0.25, -0.2) is 4.39 Å². The maximum atomic E-state index is 11.5. The van der Waals surface area contributed by atoms with Crippen LogP contribution in [0.3, 0.4) is 0 Å². The van der Waals surface area contributed by atoms with Crippen LogP contribution >= 0.6 is 0 Å². The molecule has 1 unspecified atom stereocenters. The van der Waals surface area contributed by atoms with Crippen LogP contribution in [0.4, 0.5) is 39.5 Å². The highest BCUT2D eigenvalue weighted by atomic mass is 19.4. The van der Waals surface area contributed by atoms with Crippen LogP contribution in [-0.2, 0) is 0 Å². The lowest BCUT2D eigenvalue weighted by Crippen LogP contribution is -2.21. The van der Waals surface area contributed by atoms with E-state index >= 15 is 0 Å². The fourth-order valence-electron chi connectivity index (χ4n) is 0.300. The monoisotopic (exact) mass is 274 g/mol. The van der Waals surface area contributed by atoms with Crippen molar-refractivity contribution in [2.75, 3.05) is 0 Å². The summed E-state index contributed by atoms with van der Waals surface area (Å²) in [4.78, 5) is 0. The lowest BCUT2D eigenvalue weighted by Gasteiger charge is -2.05. The fourth-order valence-corrected chi connectivity index (χ4v) is 0.300. The molecule has 9 heteroatoms. The summed E-state index contributed by atoms with van der Waals surface area (Å²) in [5.41, 5.74) is 0.